The molecule has 0 amide bonds. The largest absolute Gasteiger partial charge is 0.419 e. The van der Waals surface area contributed by atoms with Crippen LogP contribution in [0.5, 0.6) is 0 Å². The average molecular weight is 184 g/mol. The van der Waals surface area contributed by atoms with E-state index < -0.39 is 24.9 Å². The molecule has 0 bridgehead atoms. The van der Waals surface area contributed by atoms with Crippen molar-refractivity contribution in [3.8, 4) is 0 Å². The van der Waals surface area contributed by atoms with Crippen LogP contribution in [-0.4, -0.2) is 18.5 Å². The fraction of sp³-hybridized carbons (Fsp3) is 1.00. The van der Waals surface area contributed by atoms with Gasteiger partial charge in [0.05, 0.1) is 6.42 Å². The predicted octanol–water partition coefficient (Wildman–Crippen LogP) is 2.84. The lowest BCUT2D eigenvalue weighted by atomic mass is 10.2. The molecule has 0 N–H and O–H groups in total. The zero-order chi connectivity index (χ0) is 9.28. The topological polar surface area (TPSA) is 0 Å². The van der Waals surface area contributed by atoms with Crippen molar-refractivity contribution < 1.29 is 30.7 Å². The lowest BCUT2D eigenvalue weighted by Crippen LogP contribution is -2.29. The van der Waals surface area contributed by atoms with Crippen LogP contribution in [0, 0.1) is 0 Å². The van der Waals surface area contributed by atoms with Gasteiger partial charge in [-0.2, -0.15) is 26.3 Å². The molecule has 68 valence electrons. The van der Waals surface area contributed by atoms with Crippen molar-refractivity contribution in [3.63, 3.8) is 0 Å². The molecule has 1 atom stereocenters. The van der Waals surface area contributed by atoms with E-state index in [0.717, 1.165) is 0 Å². The van der Waals surface area contributed by atoms with Crippen molar-refractivity contribution in [1.82, 2.24) is 0 Å². The van der Waals surface area contributed by atoms with Crippen LogP contribution in [0.3, 0.4) is 0 Å². The Balaban J connectivity index is 3.99. The van der Waals surface area contributed by atoms with E-state index >= 15 is 0 Å². The number of hydrogen-bond acceptors (Lipinski definition) is 0. The lowest BCUT2D eigenvalue weighted by Gasteiger charge is -2.13. The summed E-state index contributed by atoms with van der Waals surface area (Å²) in [7, 11) is 0. The summed E-state index contributed by atoms with van der Waals surface area (Å²) in [4.78, 5) is 0. The minimum Gasteiger partial charge on any atom is -0.237 e. The van der Waals surface area contributed by atoms with Crippen LogP contribution in [0.25, 0.3) is 0 Å². The van der Waals surface area contributed by atoms with Gasteiger partial charge in [0.1, 0.15) is 0 Å². The first kappa shape index (κ1) is 10.5. The average Bonchev–Trinajstić information content (AvgIpc) is 1.56. The first-order chi connectivity index (χ1) is 4.63. The van der Waals surface area contributed by atoms with E-state index in [1.165, 1.54) is 0 Å². The maximum Gasteiger partial charge on any atom is 0.419 e. The molecule has 0 aromatic rings. The standard InChI is InChI=1S/C4H3F7/c5-2(4(9,10)11)1-3(6,7)8/h2H,1H2/t2-/m1/s1. The molecule has 0 aliphatic carbocycles. The van der Waals surface area contributed by atoms with Gasteiger partial charge in [0.15, 0.2) is 0 Å². The minimum absolute atomic E-state index is 2.48. The third-order valence-corrected chi connectivity index (χ3v) is 0.766. The molecule has 0 rings (SSSR count). The quantitative estimate of drug-likeness (QED) is 0.549. The van der Waals surface area contributed by atoms with E-state index in [0.29, 0.717) is 0 Å². The van der Waals surface area contributed by atoms with Gasteiger partial charge in [-0.3, -0.25) is 0 Å². The van der Waals surface area contributed by atoms with Crippen molar-refractivity contribution in [2.75, 3.05) is 0 Å². The smallest absolute Gasteiger partial charge is 0.237 e. The minimum atomic E-state index is -5.42. The van der Waals surface area contributed by atoms with Gasteiger partial charge in [0.25, 0.3) is 0 Å². The van der Waals surface area contributed by atoms with Gasteiger partial charge in [-0.05, 0) is 0 Å². The van der Waals surface area contributed by atoms with Crippen molar-refractivity contribution in [3.05, 3.63) is 0 Å². The third kappa shape index (κ3) is 4.86. The van der Waals surface area contributed by atoms with Crippen LogP contribution in [0.2, 0.25) is 0 Å². The molecule has 0 aliphatic rings. The van der Waals surface area contributed by atoms with Crippen LogP contribution in [0.1, 0.15) is 6.42 Å². The number of rotatable bonds is 1. The monoisotopic (exact) mass is 184 g/mol. The molecule has 11 heavy (non-hydrogen) atoms. The summed E-state index contributed by atoms with van der Waals surface area (Å²) in [5.74, 6) is 0. The van der Waals surface area contributed by atoms with Crippen molar-refractivity contribution in [2.45, 2.75) is 24.9 Å². The molecule has 0 nitrogen and oxygen atoms in total. The molecular weight excluding hydrogens is 181 g/mol. The van der Waals surface area contributed by atoms with Crippen LogP contribution >= 0.6 is 0 Å². The van der Waals surface area contributed by atoms with Crippen LogP contribution in [0.4, 0.5) is 30.7 Å². The highest BCUT2D eigenvalue weighted by Gasteiger charge is 2.46. The van der Waals surface area contributed by atoms with E-state index in [9.17, 15) is 30.7 Å². The molecule has 7 heteroatoms. The molecule has 0 unspecified atom stereocenters. The molecule has 0 heterocycles. The Bertz CT molecular complexity index is 119. The van der Waals surface area contributed by atoms with E-state index in [2.05, 4.69) is 0 Å². The van der Waals surface area contributed by atoms with Crippen molar-refractivity contribution in [2.24, 2.45) is 0 Å². The highest BCUT2D eigenvalue weighted by Crippen LogP contribution is 2.32. The summed E-state index contributed by atoms with van der Waals surface area (Å²) < 4.78 is 78.2. The van der Waals surface area contributed by atoms with Gasteiger partial charge in [-0.25, -0.2) is 4.39 Å². The highest BCUT2D eigenvalue weighted by molar-refractivity contribution is 4.69. The maximum atomic E-state index is 11.6. The van der Waals surface area contributed by atoms with E-state index in [-0.39, 0.29) is 0 Å². The molecule has 0 aromatic heterocycles. The Labute approximate surface area is 57.0 Å². The fourth-order valence-corrected chi connectivity index (χ4v) is 0.319. The SMILES string of the molecule is F[C@H](CC(F)(F)F)C(F)(F)F. The first-order valence-electron chi connectivity index (χ1n) is 2.40. The lowest BCUT2D eigenvalue weighted by molar-refractivity contribution is -0.222. The maximum absolute atomic E-state index is 11.6. The van der Waals surface area contributed by atoms with Crippen LogP contribution < -0.4 is 0 Å². The Hall–Kier alpha value is -0.490. The fourth-order valence-electron chi connectivity index (χ4n) is 0.319. The first-order valence-corrected chi connectivity index (χ1v) is 2.40. The molecule has 0 spiro atoms. The second-order valence-electron chi connectivity index (χ2n) is 1.83. The van der Waals surface area contributed by atoms with Crippen molar-refractivity contribution >= 4 is 0 Å². The second-order valence-corrected chi connectivity index (χ2v) is 1.83. The van der Waals surface area contributed by atoms with Gasteiger partial charge in [0.2, 0.25) is 6.17 Å². The molecule has 0 saturated carbocycles. The predicted molar refractivity (Wildman–Crippen MR) is 21.6 cm³/mol. The molecular formula is C4H3F7. The number of alkyl halides is 7. The molecule has 0 aromatic carbocycles. The summed E-state index contributed by atoms with van der Waals surface area (Å²) in [6.45, 7) is 0. The number of hydrogen-bond donors (Lipinski definition) is 0. The van der Waals surface area contributed by atoms with Gasteiger partial charge in [0, 0.05) is 0 Å². The Kier molecular flexibility index (Phi) is 2.74. The zero-order valence-corrected chi connectivity index (χ0v) is 4.93. The normalized spacial score (nSPS) is 16.6. The summed E-state index contributed by atoms with van der Waals surface area (Å²) in [6.07, 6.45) is -16.8. The Morgan fingerprint density at radius 3 is 1.36 bits per heavy atom. The summed E-state index contributed by atoms with van der Waals surface area (Å²) in [6, 6.07) is 0. The summed E-state index contributed by atoms with van der Waals surface area (Å²) >= 11 is 0. The van der Waals surface area contributed by atoms with Gasteiger partial charge in [-0.1, -0.05) is 0 Å². The van der Waals surface area contributed by atoms with Crippen LogP contribution in [-0.2, 0) is 0 Å². The highest BCUT2D eigenvalue weighted by atomic mass is 19.4. The Morgan fingerprint density at radius 2 is 1.27 bits per heavy atom. The summed E-state index contributed by atoms with van der Waals surface area (Å²) in [5.41, 5.74) is 0. The molecule has 0 radical (unpaired) electrons. The van der Waals surface area contributed by atoms with Gasteiger partial charge in [-0.15, -0.1) is 0 Å². The summed E-state index contributed by atoms with van der Waals surface area (Å²) in [5, 5.41) is 0. The Morgan fingerprint density at radius 1 is 0.909 bits per heavy atom. The zero-order valence-electron chi connectivity index (χ0n) is 4.93. The van der Waals surface area contributed by atoms with Crippen LogP contribution in [0.15, 0.2) is 0 Å². The number of halogens is 7. The van der Waals surface area contributed by atoms with Crippen molar-refractivity contribution in [1.29, 1.82) is 0 Å². The third-order valence-electron chi connectivity index (χ3n) is 0.766. The van der Waals surface area contributed by atoms with Gasteiger partial charge >= 0.3 is 12.4 Å². The second kappa shape index (κ2) is 2.86. The van der Waals surface area contributed by atoms with E-state index in [4.69, 9.17) is 0 Å². The van der Waals surface area contributed by atoms with Gasteiger partial charge < -0.3 is 0 Å². The molecule has 0 fully saturated rings. The van der Waals surface area contributed by atoms with E-state index in [1.54, 1.807) is 0 Å². The van der Waals surface area contributed by atoms with E-state index in [1.807, 2.05) is 0 Å². The molecule has 0 aliphatic heterocycles. The molecule has 0 saturated heterocycles.